The third-order valence-electron chi connectivity index (χ3n) is 6.08. The van der Waals surface area contributed by atoms with Crippen molar-refractivity contribution in [2.24, 2.45) is 5.92 Å². The molecule has 192 valence electrons. The number of likely N-dealkylation sites (tertiary alicyclic amines) is 1. The maximum Gasteiger partial charge on any atom is 0.417 e. The summed E-state index contributed by atoms with van der Waals surface area (Å²) in [5, 5.41) is 0. The van der Waals surface area contributed by atoms with E-state index in [0.29, 0.717) is 43.1 Å². The van der Waals surface area contributed by atoms with Crippen molar-refractivity contribution < 1.29 is 37.3 Å². The normalized spacial score (nSPS) is 17.7. The molecule has 2 aromatic carbocycles. The van der Waals surface area contributed by atoms with Gasteiger partial charge in [0.1, 0.15) is 0 Å². The minimum absolute atomic E-state index is 0.0137. The molecule has 1 amide bonds. The average molecular weight is 522 g/mol. The number of esters is 1. The van der Waals surface area contributed by atoms with Crippen LogP contribution in [0.25, 0.3) is 5.57 Å². The number of piperidine rings is 1. The van der Waals surface area contributed by atoms with Crippen LogP contribution in [0.15, 0.2) is 52.8 Å². The predicted octanol–water partition coefficient (Wildman–Crippen LogP) is 5.54. The first kappa shape index (κ1) is 26.1. The smallest absolute Gasteiger partial charge is 0.417 e. The second-order valence-corrected chi connectivity index (χ2v) is 9.67. The van der Waals surface area contributed by atoms with Crippen molar-refractivity contribution >= 4 is 29.2 Å². The van der Waals surface area contributed by atoms with Crippen molar-refractivity contribution in [2.45, 2.75) is 42.2 Å². The van der Waals surface area contributed by atoms with E-state index in [0.717, 1.165) is 23.4 Å². The van der Waals surface area contributed by atoms with Gasteiger partial charge in [0.15, 0.2) is 5.75 Å². The molecular weight excluding hydrogens is 495 g/mol. The Balaban J connectivity index is 1.54. The zero-order chi connectivity index (χ0) is 25.9. The van der Waals surface area contributed by atoms with Crippen molar-refractivity contribution in [1.82, 2.24) is 4.90 Å². The van der Waals surface area contributed by atoms with Crippen molar-refractivity contribution in [2.75, 3.05) is 26.3 Å². The lowest BCUT2D eigenvalue weighted by Gasteiger charge is -2.32. The Kier molecular flexibility index (Phi) is 7.94. The van der Waals surface area contributed by atoms with Crippen LogP contribution in [0.3, 0.4) is 0 Å². The van der Waals surface area contributed by atoms with E-state index in [9.17, 15) is 22.8 Å². The van der Waals surface area contributed by atoms with Gasteiger partial charge in [-0.2, -0.15) is 18.1 Å². The fourth-order valence-corrected chi connectivity index (χ4v) is 5.25. The standard InChI is InChI=1S/C26H26F3NO5S/c1-3-33-25(32)19-5-4-11-30(15-19)24(31)16(2)17-6-9-23(21(14-17)26(27,28)29)36-20-7-8-22-18(13-20)10-12-34-35-22/h6-9,13-14,19H,2-5,10-12,15H2,1H3. The van der Waals surface area contributed by atoms with E-state index in [4.69, 9.17) is 14.5 Å². The number of ether oxygens (including phenoxy) is 1. The van der Waals surface area contributed by atoms with Crippen molar-refractivity contribution in [3.8, 4) is 5.75 Å². The molecule has 10 heteroatoms. The molecule has 2 aromatic rings. The molecular formula is C26H26F3NO5S. The molecule has 1 unspecified atom stereocenters. The number of nitrogens with zero attached hydrogens (tertiary/aromatic N) is 1. The summed E-state index contributed by atoms with van der Waals surface area (Å²) in [5.74, 6) is -0.764. The van der Waals surface area contributed by atoms with Gasteiger partial charge in [0, 0.05) is 40.4 Å². The van der Waals surface area contributed by atoms with Gasteiger partial charge in [-0.1, -0.05) is 24.4 Å². The number of hydrogen-bond donors (Lipinski definition) is 0. The average Bonchev–Trinajstić information content (AvgIpc) is 2.87. The first-order chi connectivity index (χ1) is 17.2. The van der Waals surface area contributed by atoms with Crippen LogP contribution >= 0.6 is 11.8 Å². The summed E-state index contributed by atoms with van der Waals surface area (Å²) >= 11 is 0.986. The highest BCUT2D eigenvalue weighted by Gasteiger charge is 2.35. The van der Waals surface area contributed by atoms with Gasteiger partial charge in [0.05, 0.1) is 24.7 Å². The minimum atomic E-state index is -4.63. The van der Waals surface area contributed by atoms with E-state index in [1.165, 1.54) is 17.0 Å². The van der Waals surface area contributed by atoms with Gasteiger partial charge in [-0.05, 0) is 55.7 Å². The SMILES string of the molecule is C=C(C(=O)N1CCCC(C(=O)OCC)C1)c1ccc(Sc2ccc3c(c2)CCOO3)c(C(F)(F)F)c1. The van der Waals surface area contributed by atoms with Crippen molar-refractivity contribution in [3.63, 3.8) is 0 Å². The van der Waals surface area contributed by atoms with Crippen LogP contribution in [0.5, 0.6) is 5.75 Å². The lowest BCUT2D eigenvalue weighted by Crippen LogP contribution is -2.43. The third kappa shape index (κ3) is 5.87. The first-order valence-corrected chi connectivity index (χ1v) is 12.5. The molecule has 2 heterocycles. The topological polar surface area (TPSA) is 65.1 Å². The van der Waals surface area contributed by atoms with Crippen molar-refractivity contribution in [1.29, 1.82) is 0 Å². The van der Waals surface area contributed by atoms with Gasteiger partial charge in [-0.15, -0.1) is 0 Å². The number of fused-ring (bicyclic) bond motifs is 1. The summed E-state index contributed by atoms with van der Waals surface area (Å²) in [5.41, 5.74) is 0.0516. The Hall–Kier alpha value is -2.98. The van der Waals surface area contributed by atoms with Crippen molar-refractivity contribution in [3.05, 3.63) is 59.7 Å². The lowest BCUT2D eigenvalue weighted by atomic mass is 9.96. The molecule has 0 aliphatic carbocycles. The Morgan fingerprint density at radius 3 is 2.78 bits per heavy atom. The minimum Gasteiger partial charge on any atom is -0.466 e. The monoisotopic (exact) mass is 521 g/mol. The predicted molar refractivity (Wildman–Crippen MR) is 127 cm³/mol. The lowest BCUT2D eigenvalue weighted by molar-refractivity contribution is -0.215. The summed E-state index contributed by atoms with van der Waals surface area (Å²) in [6, 6.07) is 8.92. The fraction of sp³-hybridized carbons (Fsp3) is 0.385. The summed E-state index contributed by atoms with van der Waals surface area (Å²) in [4.78, 5) is 37.3. The molecule has 1 saturated heterocycles. The summed E-state index contributed by atoms with van der Waals surface area (Å²) in [6.45, 7) is 6.67. The largest absolute Gasteiger partial charge is 0.466 e. The zero-order valence-electron chi connectivity index (χ0n) is 19.7. The highest BCUT2D eigenvalue weighted by molar-refractivity contribution is 7.99. The molecule has 0 bridgehead atoms. The number of hydrogen-bond acceptors (Lipinski definition) is 6. The molecule has 0 N–H and O–H groups in total. The van der Waals surface area contributed by atoms with E-state index >= 15 is 0 Å². The van der Waals surface area contributed by atoms with Gasteiger partial charge in [0.2, 0.25) is 0 Å². The molecule has 0 spiro atoms. The molecule has 4 rings (SSSR count). The molecule has 0 aromatic heterocycles. The summed E-state index contributed by atoms with van der Waals surface area (Å²) in [7, 11) is 0. The maximum absolute atomic E-state index is 14.0. The Bertz CT molecular complexity index is 1170. The highest BCUT2D eigenvalue weighted by atomic mass is 32.2. The van der Waals surface area contributed by atoms with Crippen LogP contribution in [-0.4, -0.2) is 43.1 Å². The number of alkyl halides is 3. The van der Waals surface area contributed by atoms with Gasteiger partial charge in [-0.3, -0.25) is 9.59 Å². The fourth-order valence-electron chi connectivity index (χ4n) is 4.24. The first-order valence-electron chi connectivity index (χ1n) is 11.6. The highest BCUT2D eigenvalue weighted by Crippen LogP contribution is 2.42. The maximum atomic E-state index is 14.0. The zero-order valence-corrected chi connectivity index (χ0v) is 20.5. The number of amides is 1. The van der Waals surface area contributed by atoms with Gasteiger partial charge < -0.3 is 14.5 Å². The van der Waals surface area contributed by atoms with E-state index in [1.54, 1.807) is 25.1 Å². The van der Waals surface area contributed by atoms with E-state index in [2.05, 4.69) is 6.58 Å². The van der Waals surface area contributed by atoms with Crippen LogP contribution in [-0.2, 0) is 31.8 Å². The molecule has 6 nitrogen and oxygen atoms in total. The third-order valence-corrected chi connectivity index (χ3v) is 7.15. The summed E-state index contributed by atoms with van der Waals surface area (Å²) < 4.78 is 47.1. The molecule has 1 atom stereocenters. The Morgan fingerprint density at radius 1 is 1.22 bits per heavy atom. The van der Waals surface area contributed by atoms with Crippen LogP contribution in [0, 0.1) is 5.92 Å². The molecule has 0 radical (unpaired) electrons. The number of carbonyl (C=O) groups is 2. The number of carbonyl (C=O) groups excluding carboxylic acids is 2. The van der Waals surface area contributed by atoms with Crippen LogP contribution in [0.4, 0.5) is 13.2 Å². The molecule has 36 heavy (non-hydrogen) atoms. The number of halogens is 3. The van der Waals surface area contributed by atoms with Crippen LogP contribution in [0.1, 0.15) is 36.5 Å². The molecule has 2 aliphatic rings. The Labute approximate surface area is 211 Å². The van der Waals surface area contributed by atoms with E-state index < -0.39 is 23.6 Å². The summed E-state index contributed by atoms with van der Waals surface area (Å²) in [6.07, 6.45) is -2.83. The quantitative estimate of drug-likeness (QED) is 0.283. The van der Waals surface area contributed by atoms with Crippen LogP contribution in [0.2, 0.25) is 0 Å². The molecule has 1 fully saturated rings. The number of rotatable bonds is 6. The van der Waals surface area contributed by atoms with Gasteiger partial charge >= 0.3 is 12.1 Å². The number of benzene rings is 2. The van der Waals surface area contributed by atoms with E-state index in [1.807, 2.05) is 0 Å². The second-order valence-electron chi connectivity index (χ2n) is 8.56. The molecule has 2 aliphatic heterocycles. The van der Waals surface area contributed by atoms with E-state index in [-0.39, 0.29) is 35.2 Å². The van der Waals surface area contributed by atoms with Gasteiger partial charge in [0.25, 0.3) is 5.91 Å². The van der Waals surface area contributed by atoms with Gasteiger partial charge in [-0.25, -0.2) is 0 Å². The Morgan fingerprint density at radius 2 is 2.03 bits per heavy atom. The van der Waals surface area contributed by atoms with Crippen LogP contribution < -0.4 is 4.89 Å². The second kappa shape index (κ2) is 11.0. The molecule has 0 saturated carbocycles.